The molecule has 5 heteroatoms. The van der Waals surface area contributed by atoms with Gasteiger partial charge in [-0.15, -0.1) is 0 Å². The van der Waals surface area contributed by atoms with Crippen molar-refractivity contribution in [3.05, 3.63) is 5.57 Å². The summed E-state index contributed by atoms with van der Waals surface area (Å²) in [5, 5.41) is 7.42. The predicted octanol–water partition coefficient (Wildman–Crippen LogP) is 3.75. The van der Waals surface area contributed by atoms with Crippen molar-refractivity contribution < 1.29 is 0 Å². The third-order valence-corrected chi connectivity index (χ3v) is 3.87. The molecule has 0 atom stereocenters. The fourth-order valence-electron chi connectivity index (χ4n) is 1.56. The second kappa shape index (κ2) is 5.71. The summed E-state index contributed by atoms with van der Waals surface area (Å²) in [6.45, 7) is 17.0. The number of nitrogens with one attached hydrogen (secondary N) is 1. The van der Waals surface area contributed by atoms with Crippen LogP contribution < -0.4 is 0 Å². The van der Waals surface area contributed by atoms with E-state index in [0.29, 0.717) is 0 Å². The molecule has 0 bridgehead atoms. The van der Waals surface area contributed by atoms with Gasteiger partial charge in [-0.05, 0) is 59.0 Å². The minimum atomic E-state index is -1.50. The Hall–Kier alpha value is -0.776. The SMILES string of the molecule is C/C(=N\[Si](C)(C)C)C(=C=N)/C(C)=N/[Si](C)(C)C. The Balaban J connectivity index is 5.36. The molecule has 3 nitrogen and oxygen atoms in total. The van der Waals surface area contributed by atoms with Crippen molar-refractivity contribution in [3.8, 4) is 0 Å². The number of hydrogen-bond acceptors (Lipinski definition) is 3. The molecule has 0 heterocycles. The topological polar surface area (TPSA) is 48.6 Å². The van der Waals surface area contributed by atoms with E-state index in [2.05, 4.69) is 45.2 Å². The molecular weight excluding hydrogens is 242 g/mol. The van der Waals surface area contributed by atoms with E-state index in [1.54, 1.807) is 0 Å². The Morgan fingerprint density at radius 2 is 1.12 bits per heavy atom. The first-order chi connectivity index (χ1) is 7.46. The highest BCUT2D eigenvalue weighted by Crippen LogP contribution is 2.10. The largest absolute Gasteiger partial charge is 0.325 e. The minimum absolute atomic E-state index is 0.759. The van der Waals surface area contributed by atoms with Crippen molar-refractivity contribution in [1.29, 1.82) is 5.41 Å². The van der Waals surface area contributed by atoms with E-state index < -0.39 is 16.5 Å². The van der Waals surface area contributed by atoms with Crippen LogP contribution in [-0.2, 0) is 0 Å². The molecule has 0 saturated carbocycles. The van der Waals surface area contributed by atoms with Crippen LogP contribution in [0, 0.1) is 5.41 Å². The Morgan fingerprint density at radius 3 is 1.29 bits per heavy atom. The van der Waals surface area contributed by atoms with E-state index in [0.717, 1.165) is 17.0 Å². The Labute approximate surface area is 107 Å². The van der Waals surface area contributed by atoms with Crippen LogP contribution >= 0.6 is 0 Å². The second-order valence-corrected chi connectivity index (χ2v) is 15.4. The number of hydrogen-bond donors (Lipinski definition) is 1. The fourth-order valence-corrected chi connectivity index (χ4v) is 3.80. The molecule has 17 heavy (non-hydrogen) atoms. The monoisotopic (exact) mass is 267 g/mol. The van der Waals surface area contributed by atoms with Gasteiger partial charge in [0.05, 0.1) is 5.57 Å². The molecule has 0 aromatic carbocycles. The summed E-state index contributed by atoms with van der Waals surface area (Å²) in [7, 11) is -3.01. The quantitative estimate of drug-likeness (QED) is 0.596. The summed E-state index contributed by atoms with van der Waals surface area (Å²) >= 11 is 0. The first-order valence-corrected chi connectivity index (χ1v) is 12.8. The average molecular weight is 268 g/mol. The molecule has 0 aromatic rings. The van der Waals surface area contributed by atoms with Gasteiger partial charge in [0, 0.05) is 11.4 Å². The summed E-state index contributed by atoms with van der Waals surface area (Å²) in [5.74, 6) is 2.50. The lowest BCUT2D eigenvalue weighted by Crippen LogP contribution is -2.24. The molecule has 0 radical (unpaired) electrons. The maximum atomic E-state index is 7.42. The van der Waals surface area contributed by atoms with Gasteiger partial charge < -0.3 is 9.32 Å². The van der Waals surface area contributed by atoms with Crippen LogP contribution in [0.1, 0.15) is 13.8 Å². The lowest BCUT2D eigenvalue weighted by molar-refractivity contribution is 1.50. The molecule has 1 N–H and O–H groups in total. The van der Waals surface area contributed by atoms with Gasteiger partial charge in [0.2, 0.25) is 0 Å². The zero-order valence-corrected chi connectivity index (χ0v) is 14.4. The lowest BCUT2D eigenvalue weighted by atomic mass is 10.1. The molecule has 0 aromatic heterocycles. The summed E-state index contributed by atoms with van der Waals surface area (Å²) in [6, 6.07) is 0. The van der Waals surface area contributed by atoms with Gasteiger partial charge in [-0.25, -0.2) is 0 Å². The molecule has 0 amide bonds. The van der Waals surface area contributed by atoms with E-state index in [9.17, 15) is 0 Å². The Kier molecular flexibility index (Phi) is 5.45. The smallest absolute Gasteiger partial charge is 0.172 e. The van der Waals surface area contributed by atoms with Gasteiger partial charge >= 0.3 is 0 Å². The molecule has 0 unspecified atom stereocenters. The van der Waals surface area contributed by atoms with Crippen molar-refractivity contribution in [3.63, 3.8) is 0 Å². The highest BCUT2D eigenvalue weighted by molar-refractivity contribution is 6.77. The normalized spacial score (nSPS) is 14.6. The highest BCUT2D eigenvalue weighted by atomic mass is 28.3. The minimum Gasteiger partial charge on any atom is -0.325 e. The molecule has 0 fully saturated rings. The lowest BCUT2D eigenvalue weighted by Gasteiger charge is -2.15. The van der Waals surface area contributed by atoms with Crippen LogP contribution in [0.3, 0.4) is 0 Å². The third-order valence-electron chi connectivity index (χ3n) is 1.85. The molecule has 0 aliphatic carbocycles. The first kappa shape index (κ1) is 16.2. The molecule has 0 spiro atoms. The highest BCUT2D eigenvalue weighted by Gasteiger charge is 2.17. The van der Waals surface area contributed by atoms with Gasteiger partial charge in [-0.2, -0.15) is 0 Å². The van der Waals surface area contributed by atoms with Crippen LogP contribution in [0.4, 0.5) is 0 Å². The van der Waals surface area contributed by atoms with E-state index >= 15 is 0 Å². The number of allylic oxidation sites excluding steroid dienone is 1. The first-order valence-electron chi connectivity index (χ1n) is 5.89. The molecule has 0 aliphatic rings. The van der Waals surface area contributed by atoms with Gasteiger partial charge in [0.1, 0.15) is 0 Å². The van der Waals surface area contributed by atoms with E-state index in [-0.39, 0.29) is 0 Å². The number of rotatable bonds is 4. The van der Waals surface area contributed by atoms with E-state index in [4.69, 9.17) is 14.7 Å². The second-order valence-electron chi connectivity index (χ2n) is 6.24. The van der Waals surface area contributed by atoms with Crippen molar-refractivity contribution in [2.75, 3.05) is 0 Å². The predicted molar refractivity (Wildman–Crippen MR) is 84.1 cm³/mol. The van der Waals surface area contributed by atoms with Crippen molar-refractivity contribution in [2.24, 2.45) is 9.32 Å². The zero-order chi connectivity index (χ0) is 13.9. The van der Waals surface area contributed by atoms with Gasteiger partial charge in [0.25, 0.3) is 0 Å². The molecule has 0 rings (SSSR count). The van der Waals surface area contributed by atoms with Crippen LogP contribution in [0.25, 0.3) is 0 Å². The van der Waals surface area contributed by atoms with Crippen molar-refractivity contribution >= 4 is 33.8 Å². The molecular formula is C12H25N3Si2. The summed E-state index contributed by atoms with van der Waals surface area (Å²) in [5.41, 5.74) is 2.56. The molecule has 0 aliphatic heterocycles. The number of nitrogens with zero attached hydrogens (tertiary/aromatic N) is 2. The molecule has 96 valence electrons. The fraction of sp³-hybridized carbons (Fsp3) is 0.667. The maximum Gasteiger partial charge on any atom is 0.172 e. The van der Waals surface area contributed by atoms with Gasteiger partial charge in [0.15, 0.2) is 16.5 Å². The van der Waals surface area contributed by atoms with E-state index in [1.165, 1.54) is 0 Å². The Bertz CT molecular complexity index is 357. The van der Waals surface area contributed by atoms with Crippen molar-refractivity contribution in [2.45, 2.75) is 53.1 Å². The standard InChI is InChI=1S/C12H25N3Si2/c1-10(14-16(3,4)5)12(9-13)11(2)15-17(6,7)8/h13H,1-8H3/b14-10+,15-11+. The van der Waals surface area contributed by atoms with Gasteiger partial charge in [-0.3, -0.25) is 5.41 Å². The Morgan fingerprint density at radius 1 is 0.824 bits per heavy atom. The van der Waals surface area contributed by atoms with Crippen molar-refractivity contribution in [1.82, 2.24) is 0 Å². The summed E-state index contributed by atoms with van der Waals surface area (Å²) in [6.07, 6.45) is 0. The van der Waals surface area contributed by atoms with Crippen LogP contribution in [-0.4, -0.2) is 33.8 Å². The average Bonchev–Trinajstić information content (AvgIpc) is 1.96. The maximum absolute atomic E-state index is 7.42. The van der Waals surface area contributed by atoms with Gasteiger partial charge in [-0.1, -0.05) is 0 Å². The summed E-state index contributed by atoms with van der Waals surface area (Å²) < 4.78 is 9.40. The molecule has 0 saturated heterocycles. The van der Waals surface area contributed by atoms with Crippen LogP contribution in [0.2, 0.25) is 39.3 Å². The van der Waals surface area contributed by atoms with Crippen LogP contribution in [0.15, 0.2) is 14.9 Å². The summed E-state index contributed by atoms with van der Waals surface area (Å²) in [4.78, 5) is 0. The zero-order valence-electron chi connectivity index (χ0n) is 12.4. The van der Waals surface area contributed by atoms with Crippen LogP contribution in [0.5, 0.6) is 0 Å². The van der Waals surface area contributed by atoms with E-state index in [1.807, 2.05) is 13.8 Å². The third kappa shape index (κ3) is 7.20.